The first-order valence-corrected chi connectivity index (χ1v) is 5.35. The van der Waals surface area contributed by atoms with Gasteiger partial charge in [0.05, 0.1) is 12.2 Å². The number of rotatable bonds is 2. The largest absolute Gasteiger partial charge is 0.453 e. The number of aliphatic hydroxyl groups is 2. The van der Waals surface area contributed by atoms with Gasteiger partial charge in [0.1, 0.15) is 12.2 Å². The van der Waals surface area contributed by atoms with Crippen LogP contribution in [0.15, 0.2) is 11.0 Å². The number of hydrogen-bond acceptors (Lipinski definition) is 7. The molecule has 0 aromatic carbocycles. The summed E-state index contributed by atoms with van der Waals surface area (Å²) in [4.78, 5) is 25.6. The molecule has 1 aromatic rings. The predicted molar refractivity (Wildman–Crippen MR) is 55.3 cm³/mol. The third kappa shape index (κ3) is 1.40. The van der Waals surface area contributed by atoms with Crippen molar-refractivity contribution in [1.82, 2.24) is 9.55 Å². The summed E-state index contributed by atoms with van der Waals surface area (Å²) in [6.45, 7) is -0.346. The molecule has 0 aliphatic carbocycles. The molecule has 8 heteroatoms. The highest BCUT2D eigenvalue weighted by molar-refractivity contribution is 5.73. The van der Waals surface area contributed by atoms with E-state index in [4.69, 9.17) is 14.6 Å². The molecule has 1 fully saturated rings. The molecule has 0 saturated carbocycles. The van der Waals surface area contributed by atoms with Gasteiger partial charge in [-0.15, -0.1) is 0 Å². The smallest absolute Gasteiger partial charge is 0.302 e. The Morgan fingerprint density at radius 2 is 2.33 bits per heavy atom. The summed E-state index contributed by atoms with van der Waals surface area (Å²) in [5, 5.41) is 18.8. The zero-order valence-corrected chi connectivity index (χ0v) is 9.09. The summed E-state index contributed by atoms with van der Waals surface area (Å²) >= 11 is 0. The minimum atomic E-state index is -1.02. The van der Waals surface area contributed by atoms with Crippen molar-refractivity contribution < 1.29 is 24.5 Å². The molecule has 0 amide bonds. The number of ether oxygens (including phenoxy) is 2. The number of nitrogens with zero attached hydrogens (tertiary/aromatic N) is 2. The molecule has 0 radical (unpaired) electrons. The van der Waals surface area contributed by atoms with Crippen LogP contribution >= 0.6 is 0 Å². The topological polar surface area (TPSA) is 111 Å². The van der Waals surface area contributed by atoms with Crippen LogP contribution in [0.5, 0.6) is 6.01 Å². The maximum absolute atomic E-state index is 11.4. The van der Waals surface area contributed by atoms with Crippen LogP contribution in [-0.4, -0.2) is 51.0 Å². The Bertz CT molecular complexity index is 556. The van der Waals surface area contributed by atoms with E-state index in [9.17, 15) is 14.7 Å². The second kappa shape index (κ2) is 3.87. The van der Waals surface area contributed by atoms with Crippen molar-refractivity contribution in [3.05, 3.63) is 22.1 Å². The molecule has 96 valence electrons. The minimum Gasteiger partial charge on any atom is -0.453 e. The molecule has 1 saturated heterocycles. The quantitative estimate of drug-likeness (QED) is 0.591. The summed E-state index contributed by atoms with van der Waals surface area (Å²) in [7, 11) is 0. The van der Waals surface area contributed by atoms with Crippen molar-refractivity contribution in [1.29, 1.82) is 0 Å². The molecule has 2 aliphatic rings. The van der Waals surface area contributed by atoms with E-state index in [1.165, 1.54) is 10.8 Å². The SMILES string of the molecule is O=Cc1cn2c(nc1=O)O[C@H]1[C@H]2OC(CO)[C@@H]1O. The summed E-state index contributed by atoms with van der Waals surface area (Å²) < 4.78 is 12.1. The fraction of sp³-hybridized carbons (Fsp3) is 0.500. The highest BCUT2D eigenvalue weighted by atomic mass is 16.6. The third-order valence-corrected chi connectivity index (χ3v) is 3.08. The maximum Gasteiger partial charge on any atom is 0.302 e. The van der Waals surface area contributed by atoms with E-state index in [-0.39, 0.29) is 18.2 Å². The Labute approximate surface area is 100 Å². The molecule has 1 unspecified atom stereocenters. The van der Waals surface area contributed by atoms with Gasteiger partial charge in [-0.25, -0.2) is 0 Å². The van der Waals surface area contributed by atoms with E-state index < -0.39 is 30.1 Å². The van der Waals surface area contributed by atoms with Gasteiger partial charge in [0.25, 0.3) is 5.56 Å². The minimum absolute atomic E-state index is 0.00367. The average Bonchev–Trinajstić information content (AvgIpc) is 2.85. The number of aliphatic hydroxyl groups excluding tert-OH is 2. The average molecular weight is 254 g/mol. The Kier molecular flexibility index (Phi) is 2.44. The van der Waals surface area contributed by atoms with Crippen LogP contribution in [0.4, 0.5) is 0 Å². The molecule has 8 nitrogen and oxygen atoms in total. The summed E-state index contributed by atoms with van der Waals surface area (Å²) in [6, 6.07) is -0.00367. The Hall–Kier alpha value is -1.77. The van der Waals surface area contributed by atoms with Crippen LogP contribution in [-0.2, 0) is 4.74 Å². The number of aldehydes is 1. The molecule has 2 N–H and O–H groups in total. The van der Waals surface area contributed by atoms with Crippen molar-refractivity contribution in [2.75, 3.05) is 6.61 Å². The fourth-order valence-corrected chi connectivity index (χ4v) is 2.16. The highest BCUT2D eigenvalue weighted by Gasteiger charge is 2.51. The van der Waals surface area contributed by atoms with Gasteiger partial charge in [-0.3, -0.25) is 14.2 Å². The molecule has 4 atom stereocenters. The van der Waals surface area contributed by atoms with Crippen molar-refractivity contribution >= 4 is 6.29 Å². The fourth-order valence-electron chi connectivity index (χ4n) is 2.16. The monoisotopic (exact) mass is 254 g/mol. The predicted octanol–water partition coefficient (Wildman–Crippen LogP) is -1.93. The number of carbonyl (C=O) groups excluding carboxylic acids is 1. The lowest BCUT2D eigenvalue weighted by Crippen LogP contribution is -2.34. The normalized spacial score (nSPS) is 32.8. The lowest BCUT2D eigenvalue weighted by Gasteiger charge is -2.14. The lowest BCUT2D eigenvalue weighted by molar-refractivity contribution is -0.0434. The Morgan fingerprint density at radius 1 is 1.56 bits per heavy atom. The molecule has 18 heavy (non-hydrogen) atoms. The van der Waals surface area contributed by atoms with Crippen LogP contribution < -0.4 is 10.3 Å². The molecule has 1 aromatic heterocycles. The maximum atomic E-state index is 11.4. The molecule has 0 spiro atoms. The molecular weight excluding hydrogens is 244 g/mol. The van der Waals surface area contributed by atoms with E-state index in [0.29, 0.717) is 6.29 Å². The van der Waals surface area contributed by atoms with Crippen LogP contribution in [0.2, 0.25) is 0 Å². The third-order valence-electron chi connectivity index (χ3n) is 3.08. The zero-order chi connectivity index (χ0) is 12.9. The molecule has 2 aliphatic heterocycles. The molecular formula is C10H10N2O6. The number of hydrogen-bond donors (Lipinski definition) is 2. The second-order valence-corrected chi connectivity index (χ2v) is 4.13. The first kappa shape index (κ1) is 11.3. The van der Waals surface area contributed by atoms with Crippen molar-refractivity contribution in [3.63, 3.8) is 0 Å². The van der Waals surface area contributed by atoms with Crippen molar-refractivity contribution in [2.24, 2.45) is 0 Å². The van der Waals surface area contributed by atoms with E-state index in [0.717, 1.165) is 0 Å². The molecule has 3 heterocycles. The van der Waals surface area contributed by atoms with Crippen molar-refractivity contribution in [2.45, 2.75) is 24.5 Å². The Balaban J connectivity index is 2.03. The van der Waals surface area contributed by atoms with Crippen LogP contribution in [0.3, 0.4) is 0 Å². The number of aromatic nitrogens is 2. The van der Waals surface area contributed by atoms with E-state index in [1.807, 2.05) is 0 Å². The number of fused-ring (bicyclic) bond motifs is 3. The molecule has 3 rings (SSSR count). The van der Waals surface area contributed by atoms with Gasteiger partial charge in [-0.2, -0.15) is 4.98 Å². The standard InChI is InChI=1S/C10H10N2O6/c13-2-4-1-12-9-7(6(15)5(3-14)17-9)18-10(12)11-8(4)16/h1-2,5-7,9,14-15H,3H2/t5?,6-,7+,9+/m0/s1. The number of carbonyl (C=O) groups is 1. The van der Waals surface area contributed by atoms with Gasteiger partial charge >= 0.3 is 6.01 Å². The van der Waals surface area contributed by atoms with Crippen molar-refractivity contribution in [3.8, 4) is 6.01 Å². The first-order chi connectivity index (χ1) is 8.65. The second-order valence-electron chi connectivity index (χ2n) is 4.13. The summed E-state index contributed by atoms with van der Waals surface area (Å²) in [5.41, 5.74) is -0.807. The molecule has 0 bridgehead atoms. The summed E-state index contributed by atoms with van der Waals surface area (Å²) in [6.07, 6.45) is -1.54. The van der Waals surface area contributed by atoms with Crippen LogP contribution in [0.1, 0.15) is 16.6 Å². The van der Waals surface area contributed by atoms with Gasteiger partial charge < -0.3 is 19.7 Å². The van der Waals surface area contributed by atoms with E-state index in [2.05, 4.69) is 4.98 Å². The Morgan fingerprint density at radius 3 is 3.00 bits per heavy atom. The van der Waals surface area contributed by atoms with Gasteiger partial charge in [0.15, 0.2) is 18.6 Å². The first-order valence-electron chi connectivity index (χ1n) is 5.35. The van der Waals surface area contributed by atoms with E-state index >= 15 is 0 Å². The highest BCUT2D eigenvalue weighted by Crippen LogP contribution is 2.38. The van der Waals surface area contributed by atoms with Crippen LogP contribution in [0, 0.1) is 0 Å². The van der Waals surface area contributed by atoms with Gasteiger partial charge in [0, 0.05) is 6.20 Å². The van der Waals surface area contributed by atoms with Crippen LogP contribution in [0.25, 0.3) is 0 Å². The van der Waals surface area contributed by atoms with Gasteiger partial charge in [-0.05, 0) is 0 Å². The van der Waals surface area contributed by atoms with Gasteiger partial charge in [0.2, 0.25) is 0 Å². The van der Waals surface area contributed by atoms with Gasteiger partial charge in [-0.1, -0.05) is 0 Å². The zero-order valence-electron chi connectivity index (χ0n) is 9.09. The lowest BCUT2D eigenvalue weighted by atomic mass is 10.1. The summed E-state index contributed by atoms with van der Waals surface area (Å²) in [5.74, 6) is 0. The van der Waals surface area contributed by atoms with E-state index in [1.54, 1.807) is 0 Å².